The van der Waals surface area contributed by atoms with Gasteiger partial charge in [0.25, 0.3) is 10.0 Å². The average Bonchev–Trinajstić information content (AvgIpc) is 2.36. The summed E-state index contributed by atoms with van der Waals surface area (Å²) in [5, 5.41) is 0. The van der Waals surface area contributed by atoms with Crippen LogP contribution >= 0.6 is 15.9 Å². The molecule has 0 bridgehead atoms. The van der Waals surface area contributed by atoms with E-state index in [4.69, 9.17) is 0 Å². The van der Waals surface area contributed by atoms with Crippen LogP contribution in [0.2, 0.25) is 0 Å². The second kappa shape index (κ2) is 5.58. The predicted molar refractivity (Wildman–Crippen MR) is 85.6 cm³/mol. The maximum atomic E-state index is 12.5. The number of benzene rings is 2. The molecule has 5 heteroatoms. The van der Waals surface area contributed by atoms with Gasteiger partial charge in [-0.25, -0.2) is 8.42 Å². The molecule has 20 heavy (non-hydrogen) atoms. The van der Waals surface area contributed by atoms with E-state index in [0.717, 1.165) is 21.2 Å². The lowest BCUT2D eigenvalue weighted by Gasteiger charge is -2.13. The van der Waals surface area contributed by atoms with Crippen molar-refractivity contribution in [1.82, 2.24) is 0 Å². The number of halogens is 1. The molecule has 2 aromatic carbocycles. The fourth-order valence-corrected chi connectivity index (χ4v) is 3.71. The minimum Gasteiger partial charge on any atom is -0.279 e. The lowest BCUT2D eigenvalue weighted by atomic mass is 10.2. The molecule has 0 aliphatic heterocycles. The summed E-state index contributed by atoms with van der Waals surface area (Å²) in [5.74, 6) is 0. The van der Waals surface area contributed by atoms with Gasteiger partial charge in [-0.15, -0.1) is 0 Å². The van der Waals surface area contributed by atoms with Crippen molar-refractivity contribution in [3.05, 3.63) is 57.6 Å². The second-order valence-corrected chi connectivity index (χ2v) is 7.40. The van der Waals surface area contributed by atoms with Gasteiger partial charge in [0, 0.05) is 4.47 Å². The number of rotatable bonds is 3. The van der Waals surface area contributed by atoms with Crippen molar-refractivity contribution < 1.29 is 8.42 Å². The smallest absolute Gasteiger partial charge is 0.262 e. The number of sulfonamides is 1. The highest BCUT2D eigenvalue weighted by atomic mass is 79.9. The standard InChI is InChI=1S/C15H16BrNO2S/c1-10-4-5-12(3)15(8-10)20(18,19)17-14-9-13(16)7-6-11(14)2/h4-9,17H,1-3H3. The van der Waals surface area contributed by atoms with Crippen LogP contribution in [0.4, 0.5) is 5.69 Å². The summed E-state index contributed by atoms with van der Waals surface area (Å²) < 4.78 is 28.5. The van der Waals surface area contributed by atoms with Crippen molar-refractivity contribution in [3.8, 4) is 0 Å². The van der Waals surface area contributed by atoms with Crippen molar-refractivity contribution in [2.45, 2.75) is 25.7 Å². The van der Waals surface area contributed by atoms with E-state index >= 15 is 0 Å². The molecule has 0 radical (unpaired) electrons. The van der Waals surface area contributed by atoms with Crippen molar-refractivity contribution in [2.24, 2.45) is 0 Å². The minimum absolute atomic E-state index is 0.317. The number of nitrogens with one attached hydrogen (secondary N) is 1. The van der Waals surface area contributed by atoms with E-state index in [0.29, 0.717) is 10.6 Å². The third-order valence-electron chi connectivity index (χ3n) is 3.08. The molecule has 2 rings (SSSR count). The molecule has 0 spiro atoms. The first-order valence-corrected chi connectivity index (χ1v) is 8.43. The fourth-order valence-electron chi connectivity index (χ4n) is 1.90. The SMILES string of the molecule is Cc1ccc(C)c(S(=O)(=O)Nc2cc(Br)ccc2C)c1. The molecule has 0 atom stereocenters. The van der Waals surface area contributed by atoms with E-state index in [1.165, 1.54) is 0 Å². The zero-order valence-corrected chi connectivity index (χ0v) is 14.0. The first kappa shape index (κ1) is 15.1. The topological polar surface area (TPSA) is 46.2 Å². The maximum absolute atomic E-state index is 12.5. The molecule has 0 aliphatic carbocycles. The zero-order valence-electron chi connectivity index (χ0n) is 11.6. The van der Waals surface area contributed by atoms with Gasteiger partial charge >= 0.3 is 0 Å². The maximum Gasteiger partial charge on any atom is 0.262 e. The Kier molecular flexibility index (Phi) is 4.20. The molecule has 0 unspecified atom stereocenters. The van der Waals surface area contributed by atoms with Crippen LogP contribution in [0.25, 0.3) is 0 Å². The van der Waals surface area contributed by atoms with Gasteiger partial charge in [0.15, 0.2) is 0 Å². The molecule has 106 valence electrons. The van der Waals surface area contributed by atoms with Crippen LogP contribution < -0.4 is 4.72 Å². The summed E-state index contributed by atoms with van der Waals surface area (Å²) in [4.78, 5) is 0.317. The molecule has 0 aromatic heterocycles. The Bertz CT molecular complexity index is 754. The molecule has 3 nitrogen and oxygen atoms in total. The molecule has 0 heterocycles. The molecular formula is C15H16BrNO2S. The van der Waals surface area contributed by atoms with Crippen molar-refractivity contribution in [3.63, 3.8) is 0 Å². The van der Waals surface area contributed by atoms with Gasteiger partial charge in [-0.05, 0) is 55.7 Å². The van der Waals surface area contributed by atoms with Gasteiger partial charge in [-0.2, -0.15) is 0 Å². The Morgan fingerprint density at radius 3 is 2.30 bits per heavy atom. The Hall–Kier alpha value is -1.33. The summed E-state index contributed by atoms with van der Waals surface area (Å²) in [6.45, 7) is 5.54. The Balaban J connectivity index is 2.46. The highest BCUT2D eigenvalue weighted by molar-refractivity contribution is 9.10. The molecule has 0 aliphatic rings. The van der Waals surface area contributed by atoms with Crippen LogP contribution in [0.5, 0.6) is 0 Å². The molecule has 1 N–H and O–H groups in total. The largest absolute Gasteiger partial charge is 0.279 e. The Labute approximate surface area is 128 Å². The van der Waals surface area contributed by atoms with Gasteiger partial charge in [-0.3, -0.25) is 4.72 Å². The van der Waals surface area contributed by atoms with Gasteiger partial charge in [-0.1, -0.05) is 34.1 Å². The molecule has 0 saturated carbocycles. The van der Waals surface area contributed by atoms with E-state index in [9.17, 15) is 8.42 Å². The number of hydrogen-bond donors (Lipinski definition) is 1. The van der Waals surface area contributed by atoms with Gasteiger partial charge in [0.2, 0.25) is 0 Å². The predicted octanol–water partition coefficient (Wildman–Crippen LogP) is 4.18. The van der Waals surface area contributed by atoms with Crippen LogP contribution in [-0.4, -0.2) is 8.42 Å². The van der Waals surface area contributed by atoms with Crippen LogP contribution in [0.15, 0.2) is 45.8 Å². The number of anilines is 1. The molecule has 0 fully saturated rings. The molecule has 0 saturated heterocycles. The van der Waals surface area contributed by atoms with E-state index in [-0.39, 0.29) is 0 Å². The first-order chi connectivity index (χ1) is 9.29. The van der Waals surface area contributed by atoms with Crippen LogP contribution in [0, 0.1) is 20.8 Å². The van der Waals surface area contributed by atoms with Gasteiger partial charge in [0.1, 0.15) is 0 Å². The Morgan fingerprint density at radius 2 is 1.60 bits per heavy atom. The molecular weight excluding hydrogens is 338 g/mol. The first-order valence-electron chi connectivity index (χ1n) is 6.16. The molecule has 0 amide bonds. The van der Waals surface area contributed by atoms with Crippen molar-refractivity contribution in [2.75, 3.05) is 4.72 Å². The molecule has 2 aromatic rings. The van der Waals surface area contributed by atoms with E-state index in [2.05, 4.69) is 20.7 Å². The fraction of sp³-hybridized carbons (Fsp3) is 0.200. The van der Waals surface area contributed by atoms with Crippen LogP contribution in [0.3, 0.4) is 0 Å². The van der Waals surface area contributed by atoms with E-state index in [1.54, 1.807) is 19.1 Å². The summed E-state index contributed by atoms with van der Waals surface area (Å²) >= 11 is 3.35. The highest BCUT2D eigenvalue weighted by Gasteiger charge is 2.18. The highest BCUT2D eigenvalue weighted by Crippen LogP contribution is 2.25. The zero-order chi connectivity index (χ0) is 14.9. The normalized spacial score (nSPS) is 11.4. The second-order valence-electron chi connectivity index (χ2n) is 4.83. The van der Waals surface area contributed by atoms with Gasteiger partial charge in [0.05, 0.1) is 10.6 Å². The third-order valence-corrected chi connectivity index (χ3v) is 5.08. The summed E-state index contributed by atoms with van der Waals surface area (Å²) in [7, 11) is -3.58. The summed E-state index contributed by atoms with van der Waals surface area (Å²) in [6.07, 6.45) is 0. The minimum atomic E-state index is -3.58. The monoisotopic (exact) mass is 353 g/mol. The quantitative estimate of drug-likeness (QED) is 0.899. The van der Waals surface area contributed by atoms with Crippen LogP contribution in [0.1, 0.15) is 16.7 Å². The number of aryl methyl sites for hydroxylation is 3. The Morgan fingerprint density at radius 1 is 0.950 bits per heavy atom. The summed E-state index contributed by atoms with van der Waals surface area (Å²) in [6, 6.07) is 10.9. The summed E-state index contributed by atoms with van der Waals surface area (Å²) in [5.41, 5.74) is 3.11. The lowest BCUT2D eigenvalue weighted by Crippen LogP contribution is -2.15. The average molecular weight is 354 g/mol. The third kappa shape index (κ3) is 3.22. The van der Waals surface area contributed by atoms with Crippen LogP contribution in [-0.2, 0) is 10.0 Å². The van der Waals surface area contributed by atoms with E-state index in [1.807, 2.05) is 38.1 Å². The van der Waals surface area contributed by atoms with Crippen molar-refractivity contribution >= 4 is 31.6 Å². The van der Waals surface area contributed by atoms with Crippen molar-refractivity contribution in [1.29, 1.82) is 0 Å². The number of hydrogen-bond acceptors (Lipinski definition) is 2. The lowest BCUT2D eigenvalue weighted by molar-refractivity contribution is 0.600. The van der Waals surface area contributed by atoms with Gasteiger partial charge < -0.3 is 0 Å². The van der Waals surface area contributed by atoms with E-state index < -0.39 is 10.0 Å².